The second kappa shape index (κ2) is 8.57. The van der Waals surface area contributed by atoms with Gasteiger partial charge in [0, 0.05) is 28.4 Å². The lowest BCUT2D eigenvalue weighted by Gasteiger charge is -2.42. The van der Waals surface area contributed by atoms with Crippen LogP contribution in [0.15, 0.2) is 65.6 Å². The Hall–Kier alpha value is -2.72. The van der Waals surface area contributed by atoms with Crippen LogP contribution in [-0.2, 0) is 11.1 Å². The Morgan fingerprint density at radius 3 is 2.00 bits per heavy atom. The summed E-state index contributed by atoms with van der Waals surface area (Å²) in [4.78, 5) is 5.92. The number of aromatic nitrogens is 1. The molecule has 1 unspecified atom stereocenters. The Balaban J connectivity index is 2.15. The summed E-state index contributed by atoms with van der Waals surface area (Å²) in [5.41, 5.74) is -6.15. The molecule has 0 spiro atoms. The predicted molar refractivity (Wildman–Crippen MR) is 110 cm³/mol. The van der Waals surface area contributed by atoms with Gasteiger partial charge in [0.2, 0.25) is 0 Å². The van der Waals surface area contributed by atoms with Gasteiger partial charge in [0.05, 0.1) is 0 Å². The molecule has 0 amide bonds. The van der Waals surface area contributed by atoms with Crippen molar-refractivity contribution in [1.29, 1.82) is 0 Å². The van der Waals surface area contributed by atoms with Crippen LogP contribution >= 0.6 is 11.6 Å². The van der Waals surface area contributed by atoms with Crippen LogP contribution in [-0.4, -0.2) is 29.0 Å². The zero-order valence-corrected chi connectivity index (χ0v) is 18.1. The molecule has 11 heteroatoms. The smallest absolute Gasteiger partial charge is 0.430 e. The van der Waals surface area contributed by atoms with Crippen LogP contribution in [0, 0.1) is 0 Å². The van der Waals surface area contributed by atoms with E-state index in [9.17, 15) is 31.4 Å². The Morgan fingerprint density at radius 2 is 1.55 bits per heavy atom. The molecule has 0 bridgehead atoms. The van der Waals surface area contributed by atoms with E-state index in [0.717, 1.165) is 12.1 Å². The first kappa shape index (κ1) is 24.9. The van der Waals surface area contributed by atoms with Gasteiger partial charge in [-0.05, 0) is 32.0 Å². The summed E-state index contributed by atoms with van der Waals surface area (Å²) >= 11 is 6.43. The lowest BCUT2D eigenvalue weighted by atomic mass is 9.86. The Kier molecular flexibility index (Phi) is 6.47. The largest absolute Gasteiger partial charge is 0.451 e. The highest BCUT2D eigenvalue weighted by Gasteiger charge is 2.71. The number of anilines is 1. The van der Waals surface area contributed by atoms with Gasteiger partial charge in [0.15, 0.2) is 6.39 Å². The SMILES string of the molecule is CCN(c1ccc(C(O)(C(F)(F)F)C(F)(F)F)cc1)C(C)(c1cocn1)c1ccccc1Cl. The van der Waals surface area contributed by atoms with Gasteiger partial charge in [-0.2, -0.15) is 26.3 Å². The molecule has 1 aromatic heterocycles. The van der Waals surface area contributed by atoms with Crippen molar-refractivity contribution in [1.82, 2.24) is 4.98 Å². The van der Waals surface area contributed by atoms with E-state index in [2.05, 4.69) is 4.98 Å². The average Bonchev–Trinajstić information content (AvgIpc) is 3.28. The average molecular weight is 493 g/mol. The molecule has 0 saturated carbocycles. The molecule has 2 aromatic carbocycles. The fraction of sp³-hybridized carbons (Fsp3) is 0.318. The number of hydrogen-bond acceptors (Lipinski definition) is 4. The summed E-state index contributed by atoms with van der Waals surface area (Å²) in [6.45, 7) is 3.78. The minimum absolute atomic E-state index is 0.275. The van der Waals surface area contributed by atoms with E-state index in [1.54, 1.807) is 43.0 Å². The van der Waals surface area contributed by atoms with Gasteiger partial charge >= 0.3 is 12.4 Å². The van der Waals surface area contributed by atoms with Crippen LogP contribution < -0.4 is 4.90 Å². The van der Waals surface area contributed by atoms with Crippen molar-refractivity contribution in [3.05, 3.63) is 83.0 Å². The van der Waals surface area contributed by atoms with Gasteiger partial charge in [0.1, 0.15) is 17.5 Å². The molecule has 0 aliphatic rings. The lowest BCUT2D eigenvalue weighted by Crippen LogP contribution is -2.54. The van der Waals surface area contributed by atoms with Crippen LogP contribution in [0.2, 0.25) is 5.02 Å². The van der Waals surface area contributed by atoms with Gasteiger partial charge in [-0.1, -0.05) is 41.9 Å². The maximum atomic E-state index is 13.2. The molecule has 33 heavy (non-hydrogen) atoms. The first-order valence-corrected chi connectivity index (χ1v) is 10.0. The Labute approximate surface area is 190 Å². The monoisotopic (exact) mass is 492 g/mol. The predicted octanol–water partition coefficient (Wildman–Crippen LogP) is 6.43. The third kappa shape index (κ3) is 4.06. The summed E-state index contributed by atoms with van der Waals surface area (Å²) in [5.74, 6) is 0. The number of hydrogen-bond donors (Lipinski definition) is 1. The summed E-state index contributed by atoms with van der Waals surface area (Å²) in [5, 5.41) is 10.0. The second-order valence-corrected chi connectivity index (χ2v) is 7.83. The molecular formula is C22H19ClF6N2O2. The van der Waals surface area contributed by atoms with Crippen molar-refractivity contribution >= 4 is 17.3 Å². The van der Waals surface area contributed by atoms with Crippen LogP contribution in [0.4, 0.5) is 32.0 Å². The number of alkyl halides is 6. The molecular weight excluding hydrogens is 474 g/mol. The van der Waals surface area contributed by atoms with Crippen molar-refractivity contribution in [2.24, 2.45) is 0 Å². The van der Waals surface area contributed by atoms with Crippen molar-refractivity contribution in [3.8, 4) is 0 Å². The quantitative estimate of drug-likeness (QED) is 0.403. The molecule has 3 rings (SSSR count). The molecule has 0 fully saturated rings. The molecule has 1 atom stereocenters. The van der Waals surface area contributed by atoms with Crippen LogP contribution in [0.5, 0.6) is 0 Å². The minimum atomic E-state index is -5.97. The minimum Gasteiger partial charge on any atom is -0.451 e. The maximum Gasteiger partial charge on any atom is 0.430 e. The van der Waals surface area contributed by atoms with Crippen LogP contribution in [0.25, 0.3) is 0 Å². The van der Waals surface area contributed by atoms with Crippen LogP contribution in [0.1, 0.15) is 30.7 Å². The number of rotatable bonds is 6. The molecule has 3 aromatic rings. The highest BCUT2D eigenvalue weighted by atomic mass is 35.5. The highest BCUT2D eigenvalue weighted by Crippen LogP contribution is 2.50. The fourth-order valence-electron chi connectivity index (χ4n) is 3.86. The van der Waals surface area contributed by atoms with Crippen molar-refractivity contribution in [2.75, 3.05) is 11.4 Å². The number of nitrogens with zero attached hydrogens (tertiary/aromatic N) is 2. The topological polar surface area (TPSA) is 49.5 Å². The lowest BCUT2D eigenvalue weighted by molar-refractivity contribution is -0.376. The normalized spacial score (nSPS) is 14.7. The fourth-order valence-corrected chi connectivity index (χ4v) is 4.18. The van der Waals surface area contributed by atoms with E-state index >= 15 is 0 Å². The summed E-state index contributed by atoms with van der Waals surface area (Å²) in [7, 11) is 0. The number of benzene rings is 2. The Morgan fingerprint density at radius 1 is 0.970 bits per heavy atom. The zero-order chi connectivity index (χ0) is 24.7. The molecule has 0 saturated heterocycles. The number of halogens is 7. The van der Waals surface area contributed by atoms with Crippen molar-refractivity contribution < 1.29 is 35.9 Å². The van der Waals surface area contributed by atoms with E-state index in [4.69, 9.17) is 16.0 Å². The molecule has 1 N–H and O–H groups in total. The summed E-state index contributed by atoms with van der Waals surface area (Å²) in [6, 6.07) is 10.2. The first-order valence-electron chi connectivity index (χ1n) is 9.66. The first-order chi connectivity index (χ1) is 15.3. The molecule has 1 heterocycles. The van der Waals surface area contributed by atoms with E-state index in [-0.39, 0.29) is 12.2 Å². The number of aliphatic hydroxyl groups is 1. The van der Waals surface area contributed by atoms with Crippen molar-refractivity contribution in [3.63, 3.8) is 0 Å². The molecule has 0 aliphatic heterocycles. The van der Waals surface area contributed by atoms with Gasteiger partial charge in [0.25, 0.3) is 5.60 Å². The number of oxazole rings is 1. The van der Waals surface area contributed by atoms with Crippen molar-refractivity contribution in [2.45, 2.75) is 37.3 Å². The molecule has 178 valence electrons. The maximum absolute atomic E-state index is 13.2. The molecule has 0 aliphatic carbocycles. The molecule has 0 radical (unpaired) electrons. The van der Waals surface area contributed by atoms with Gasteiger partial charge in [-0.15, -0.1) is 0 Å². The standard InChI is InChI=1S/C22H19ClF6N2O2/c1-3-31(19(2,18-12-33-13-30-18)16-6-4-5-7-17(16)23)15-10-8-14(9-11-15)20(32,21(24,25)26)22(27,28)29/h4-13,32H,3H2,1-2H3. The Bertz CT molecular complexity index is 1070. The third-order valence-corrected chi connectivity index (χ3v) is 5.93. The third-order valence-electron chi connectivity index (χ3n) is 5.60. The van der Waals surface area contributed by atoms with E-state index in [1.165, 1.54) is 12.7 Å². The molecule has 4 nitrogen and oxygen atoms in total. The summed E-state index contributed by atoms with van der Waals surface area (Å²) < 4.78 is 84.6. The van der Waals surface area contributed by atoms with Gasteiger partial charge in [-0.3, -0.25) is 0 Å². The van der Waals surface area contributed by atoms with Crippen LogP contribution in [0.3, 0.4) is 0 Å². The second-order valence-electron chi connectivity index (χ2n) is 7.42. The zero-order valence-electron chi connectivity index (χ0n) is 17.4. The van der Waals surface area contributed by atoms with Gasteiger partial charge in [-0.25, -0.2) is 4.98 Å². The van der Waals surface area contributed by atoms with E-state index < -0.39 is 29.1 Å². The van der Waals surface area contributed by atoms with E-state index in [1.807, 2.05) is 0 Å². The highest BCUT2D eigenvalue weighted by molar-refractivity contribution is 6.31. The summed E-state index contributed by atoms with van der Waals surface area (Å²) in [6.07, 6.45) is -9.35. The van der Waals surface area contributed by atoms with E-state index in [0.29, 0.717) is 28.4 Å². The van der Waals surface area contributed by atoms with Gasteiger partial charge < -0.3 is 14.4 Å².